The van der Waals surface area contributed by atoms with Crippen LogP contribution in [0.2, 0.25) is 0 Å². The van der Waals surface area contributed by atoms with Gasteiger partial charge < -0.3 is 0 Å². The van der Waals surface area contributed by atoms with Crippen LogP contribution in [-0.2, 0) is 33.7 Å². The first-order chi connectivity index (χ1) is 9.84. The minimum atomic E-state index is -4.87. The Hall–Kier alpha value is -1.69. The Labute approximate surface area is 122 Å². The molecule has 1 aromatic rings. The van der Waals surface area contributed by atoms with E-state index < -0.39 is 49.6 Å². The Kier molecular flexibility index (Phi) is 3.72. The number of sulfone groups is 1. The van der Waals surface area contributed by atoms with E-state index in [4.69, 9.17) is 4.84 Å². The summed E-state index contributed by atoms with van der Waals surface area (Å²) in [5.74, 6) is -2.28. The first kappa shape index (κ1) is 16.7. The van der Waals surface area contributed by atoms with E-state index in [1.807, 2.05) is 5.48 Å². The lowest BCUT2D eigenvalue weighted by Gasteiger charge is -2.12. The molecule has 0 saturated heterocycles. The van der Waals surface area contributed by atoms with E-state index in [0.717, 1.165) is 7.05 Å². The van der Waals surface area contributed by atoms with Crippen molar-refractivity contribution >= 4 is 9.84 Å². The van der Waals surface area contributed by atoms with Crippen LogP contribution >= 0.6 is 0 Å². The largest absolute Gasteiger partial charge is 0.437 e. The van der Waals surface area contributed by atoms with E-state index in [0.29, 0.717) is 4.80 Å². The van der Waals surface area contributed by atoms with Crippen molar-refractivity contribution in [3.05, 3.63) is 22.2 Å². The van der Waals surface area contributed by atoms with Crippen LogP contribution in [0.3, 0.4) is 0 Å². The van der Waals surface area contributed by atoms with Crippen LogP contribution in [0.15, 0.2) is 10.9 Å². The Morgan fingerprint density at radius 1 is 1.32 bits per heavy atom. The van der Waals surface area contributed by atoms with Gasteiger partial charge in [-0.1, -0.05) is 0 Å². The van der Waals surface area contributed by atoms with Crippen molar-refractivity contribution in [2.75, 3.05) is 0 Å². The van der Waals surface area contributed by atoms with Gasteiger partial charge in [-0.3, -0.25) is 10.3 Å². The number of halogens is 4. The number of rotatable bonds is 3. The van der Waals surface area contributed by atoms with E-state index in [1.165, 1.54) is 13.8 Å². The van der Waals surface area contributed by atoms with E-state index in [2.05, 4.69) is 10.2 Å². The van der Waals surface area contributed by atoms with E-state index >= 15 is 0 Å². The van der Waals surface area contributed by atoms with Crippen LogP contribution in [0.4, 0.5) is 17.6 Å². The molecule has 1 aromatic heterocycles. The zero-order chi connectivity index (χ0) is 16.9. The molecular formula is C10H12F4N4O3S. The molecule has 1 aliphatic rings. The summed E-state index contributed by atoms with van der Waals surface area (Å²) in [6.07, 6.45) is -4.87. The second kappa shape index (κ2) is 4.91. The van der Waals surface area contributed by atoms with Gasteiger partial charge >= 0.3 is 6.18 Å². The Bertz CT molecular complexity index is 736. The molecular weight excluding hydrogens is 332 g/mol. The van der Waals surface area contributed by atoms with Crippen molar-refractivity contribution in [2.24, 2.45) is 7.05 Å². The van der Waals surface area contributed by atoms with Crippen molar-refractivity contribution in [3.63, 3.8) is 0 Å². The van der Waals surface area contributed by atoms with Crippen LogP contribution < -0.4 is 5.48 Å². The number of nitrogens with zero attached hydrogens (tertiary/aromatic N) is 3. The normalized spacial score (nSPS) is 18.7. The molecule has 0 aliphatic carbocycles. The molecule has 0 spiro atoms. The maximum Gasteiger partial charge on any atom is 0.437 e. The van der Waals surface area contributed by atoms with Crippen molar-refractivity contribution in [1.29, 1.82) is 0 Å². The molecule has 0 saturated carbocycles. The van der Waals surface area contributed by atoms with Crippen LogP contribution in [0, 0.1) is 0 Å². The smallest absolute Gasteiger partial charge is 0.262 e. The van der Waals surface area contributed by atoms with Crippen molar-refractivity contribution in [3.8, 4) is 0 Å². The second-order valence-corrected chi connectivity index (χ2v) is 7.03. The monoisotopic (exact) mass is 344 g/mol. The molecule has 0 amide bonds. The van der Waals surface area contributed by atoms with Crippen LogP contribution in [-0.4, -0.2) is 29.0 Å². The van der Waals surface area contributed by atoms with Gasteiger partial charge in [-0.05, 0) is 13.8 Å². The van der Waals surface area contributed by atoms with Crippen LogP contribution in [0.5, 0.6) is 0 Å². The topological polar surface area (TPSA) is 86.1 Å². The summed E-state index contributed by atoms with van der Waals surface area (Å²) in [7, 11) is -3.33. The number of aryl methyl sites for hydroxylation is 1. The van der Waals surface area contributed by atoms with Crippen LogP contribution in [0.1, 0.15) is 25.2 Å². The Morgan fingerprint density at radius 3 is 2.36 bits per heavy atom. The quantitative estimate of drug-likeness (QED) is 0.830. The predicted molar refractivity (Wildman–Crippen MR) is 65.1 cm³/mol. The van der Waals surface area contributed by atoms with Gasteiger partial charge in [0.2, 0.25) is 9.84 Å². The summed E-state index contributed by atoms with van der Waals surface area (Å²) >= 11 is 0. The molecule has 12 heteroatoms. The maximum atomic E-state index is 14.0. The first-order valence-corrected chi connectivity index (χ1v) is 7.54. The number of hydroxylamine groups is 1. The Balaban J connectivity index is 2.42. The molecule has 7 nitrogen and oxygen atoms in total. The molecule has 0 bridgehead atoms. The van der Waals surface area contributed by atoms with Gasteiger partial charge in [0.25, 0.3) is 0 Å². The molecule has 1 aliphatic heterocycles. The summed E-state index contributed by atoms with van der Waals surface area (Å²) in [6.45, 7) is 2.53. The molecule has 124 valence electrons. The molecule has 1 N–H and O–H groups in total. The minimum absolute atomic E-state index is 0.598. The van der Waals surface area contributed by atoms with Gasteiger partial charge in [0, 0.05) is 7.05 Å². The minimum Gasteiger partial charge on any atom is -0.262 e. The molecule has 0 aromatic carbocycles. The van der Waals surface area contributed by atoms with E-state index in [-0.39, 0.29) is 0 Å². The average molecular weight is 344 g/mol. The van der Waals surface area contributed by atoms with Gasteiger partial charge in [-0.15, -0.1) is 5.10 Å². The predicted octanol–water partition coefficient (Wildman–Crippen LogP) is 1.20. The zero-order valence-corrected chi connectivity index (χ0v) is 12.5. The summed E-state index contributed by atoms with van der Waals surface area (Å²) < 4.78 is 76.5. The highest BCUT2D eigenvalue weighted by molar-refractivity contribution is 7.94. The molecule has 0 unspecified atom stereocenters. The Morgan fingerprint density at radius 2 is 1.91 bits per heavy atom. The number of aromatic nitrogens is 3. The average Bonchev–Trinajstić information content (AvgIpc) is 2.80. The van der Waals surface area contributed by atoms with Crippen LogP contribution in [0.25, 0.3) is 0 Å². The van der Waals surface area contributed by atoms with Crippen molar-refractivity contribution < 1.29 is 30.8 Å². The fourth-order valence-corrected chi connectivity index (χ4v) is 3.14. The van der Waals surface area contributed by atoms with Gasteiger partial charge in [-0.2, -0.15) is 23.1 Å². The van der Waals surface area contributed by atoms with Gasteiger partial charge in [0.1, 0.15) is 17.0 Å². The molecule has 2 heterocycles. The first-order valence-electron chi connectivity index (χ1n) is 5.89. The molecule has 0 fully saturated rings. The number of hydrogen-bond acceptors (Lipinski definition) is 6. The third-order valence-corrected chi connectivity index (χ3v) is 4.35. The van der Waals surface area contributed by atoms with Gasteiger partial charge in [-0.25, -0.2) is 12.8 Å². The fourth-order valence-electron chi connectivity index (χ4n) is 1.75. The van der Waals surface area contributed by atoms with Gasteiger partial charge in [0.15, 0.2) is 16.5 Å². The maximum absolute atomic E-state index is 14.0. The van der Waals surface area contributed by atoms with Gasteiger partial charge in [0.05, 0.1) is 0 Å². The summed E-state index contributed by atoms with van der Waals surface area (Å²) in [5.41, 5.74) is -1.88. The van der Waals surface area contributed by atoms with Crippen molar-refractivity contribution in [1.82, 2.24) is 20.5 Å². The lowest BCUT2D eigenvalue weighted by molar-refractivity contribution is -0.142. The third-order valence-electron chi connectivity index (χ3n) is 2.82. The molecule has 0 radical (unpaired) electrons. The number of alkyl halides is 3. The molecule has 2 rings (SSSR count). The zero-order valence-electron chi connectivity index (χ0n) is 11.7. The summed E-state index contributed by atoms with van der Waals surface area (Å²) in [4.78, 5) is 5.35. The van der Waals surface area contributed by atoms with E-state index in [1.54, 1.807) is 0 Å². The molecule has 0 atom stereocenters. The standard InChI is InChI=1S/C10H12F4N4O3S/c1-9(2)6(11)8(17-21-9)22(19,20)4-5-7(10(12,13)14)16-18(3)15-5/h17H,4H2,1-3H3. The summed E-state index contributed by atoms with van der Waals surface area (Å²) in [6, 6.07) is 0. The van der Waals surface area contributed by atoms with E-state index in [9.17, 15) is 26.0 Å². The van der Waals surface area contributed by atoms with Crippen molar-refractivity contribution in [2.45, 2.75) is 31.4 Å². The highest BCUT2D eigenvalue weighted by atomic mass is 32.2. The summed E-state index contributed by atoms with van der Waals surface area (Å²) in [5, 5.41) is 5.58. The lowest BCUT2D eigenvalue weighted by Crippen LogP contribution is -2.23. The highest BCUT2D eigenvalue weighted by Crippen LogP contribution is 2.34. The molecule has 22 heavy (non-hydrogen) atoms. The second-order valence-electron chi connectivity index (χ2n) is 5.10. The lowest BCUT2D eigenvalue weighted by atomic mass is 10.1. The number of hydrogen-bond donors (Lipinski definition) is 1. The SMILES string of the molecule is Cn1nc(CS(=O)(=O)C2=C(F)C(C)(C)ON2)c(C(F)(F)F)n1. The third kappa shape index (κ3) is 2.92. The highest BCUT2D eigenvalue weighted by Gasteiger charge is 2.43. The number of nitrogens with one attached hydrogen (secondary N) is 1. The fraction of sp³-hybridized carbons (Fsp3) is 0.600.